The van der Waals surface area contributed by atoms with Crippen molar-refractivity contribution in [3.8, 4) is 0 Å². The highest BCUT2D eigenvalue weighted by Gasteiger charge is 2.19. The highest BCUT2D eigenvalue weighted by atomic mass is 32.2. The van der Waals surface area contributed by atoms with Crippen molar-refractivity contribution in [1.29, 1.82) is 0 Å². The van der Waals surface area contributed by atoms with Crippen LogP contribution in [0.3, 0.4) is 0 Å². The number of rotatable bonds is 5. The van der Waals surface area contributed by atoms with Crippen LogP contribution in [-0.4, -0.2) is 50.8 Å². The van der Waals surface area contributed by atoms with E-state index in [4.69, 9.17) is 9.84 Å². The van der Waals surface area contributed by atoms with Gasteiger partial charge in [-0.05, 0) is 23.8 Å². The summed E-state index contributed by atoms with van der Waals surface area (Å²) < 4.78 is 29.5. The zero-order valence-electron chi connectivity index (χ0n) is 11.2. The predicted molar refractivity (Wildman–Crippen MR) is 75.8 cm³/mol. The van der Waals surface area contributed by atoms with Crippen LogP contribution in [0.25, 0.3) is 6.08 Å². The van der Waals surface area contributed by atoms with Crippen molar-refractivity contribution < 1.29 is 23.1 Å². The van der Waals surface area contributed by atoms with Crippen molar-refractivity contribution in [2.24, 2.45) is 0 Å². The molecule has 1 aromatic rings. The minimum absolute atomic E-state index is 0.126. The van der Waals surface area contributed by atoms with Gasteiger partial charge in [0.25, 0.3) is 10.0 Å². The molecular formula is C13H16N2O5S. The first-order chi connectivity index (χ1) is 9.97. The molecule has 2 rings (SSSR count). The van der Waals surface area contributed by atoms with E-state index in [1.807, 2.05) is 0 Å². The SMILES string of the molecule is O=C(O)/C=C/c1ccc(S(=O)(=O)NN2CCOCC2)cc1. The van der Waals surface area contributed by atoms with E-state index in [1.165, 1.54) is 18.2 Å². The van der Waals surface area contributed by atoms with E-state index in [-0.39, 0.29) is 4.90 Å². The van der Waals surface area contributed by atoms with E-state index in [9.17, 15) is 13.2 Å². The molecule has 114 valence electrons. The summed E-state index contributed by atoms with van der Waals surface area (Å²) in [7, 11) is -3.63. The first kappa shape index (κ1) is 15.6. The molecule has 0 unspecified atom stereocenters. The van der Waals surface area contributed by atoms with E-state index in [0.29, 0.717) is 31.9 Å². The van der Waals surface area contributed by atoms with Gasteiger partial charge in [-0.15, -0.1) is 4.83 Å². The zero-order valence-corrected chi connectivity index (χ0v) is 12.0. The number of hydrogen-bond donors (Lipinski definition) is 2. The topological polar surface area (TPSA) is 95.9 Å². The Morgan fingerprint density at radius 1 is 1.24 bits per heavy atom. The van der Waals surface area contributed by atoms with Gasteiger partial charge < -0.3 is 9.84 Å². The van der Waals surface area contributed by atoms with Crippen LogP contribution in [0.2, 0.25) is 0 Å². The predicted octanol–water partition coefficient (Wildman–Crippen LogP) is 0.310. The fourth-order valence-electron chi connectivity index (χ4n) is 1.80. The quantitative estimate of drug-likeness (QED) is 0.760. The molecular weight excluding hydrogens is 296 g/mol. The van der Waals surface area contributed by atoms with Gasteiger partial charge in [-0.3, -0.25) is 0 Å². The number of nitrogens with one attached hydrogen (secondary N) is 1. The van der Waals surface area contributed by atoms with Gasteiger partial charge in [0.15, 0.2) is 0 Å². The Bertz CT molecular complexity index is 618. The Balaban J connectivity index is 2.07. The molecule has 21 heavy (non-hydrogen) atoms. The zero-order chi connectivity index (χ0) is 15.3. The Labute approximate surface area is 122 Å². The van der Waals surface area contributed by atoms with Gasteiger partial charge in [-0.2, -0.15) is 0 Å². The lowest BCUT2D eigenvalue weighted by Gasteiger charge is -2.26. The van der Waals surface area contributed by atoms with Gasteiger partial charge in [0.2, 0.25) is 0 Å². The maximum atomic E-state index is 12.2. The summed E-state index contributed by atoms with van der Waals surface area (Å²) in [6.45, 7) is 1.97. The number of carboxylic acid groups (broad SMARTS) is 1. The maximum absolute atomic E-state index is 12.2. The molecule has 1 saturated heterocycles. The number of sulfonamides is 1. The Hall–Kier alpha value is -1.74. The highest BCUT2D eigenvalue weighted by Crippen LogP contribution is 2.12. The molecule has 0 saturated carbocycles. The second-order valence-corrected chi connectivity index (χ2v) is 6.10. The monoisotopic (exact) mass is 312 g/mol. The molecule has 7 nitrogen and oxygen atoms in total. The van der Waals surface area contributed by atoms with E-state index in [1.54, 1.807) is 17.1 Å². The first-order valence-electron chi connectivity index (χ1n) is 6.33. The lowest BCUT2D eigenvalue weighted by atomic mass is 10.2. The normalized spacial score (nSPS) is 17.1. The molecule has 0 spiro atoms. The molecule has 0 atom stereocenters. The third kappa shape index (κ3) is 4.64. The van der Waals surface area contributed by atoms with Crippen molar-refractivity contribution in [3.05, 3.63) is 35.9 Å². The minimum Gasteiger partial charge on any atom is -0.478 e. The van der Waals surface area contributed by atoms with Crippen LogP contribution >= 0.6 is 0 Å². The third-order valence-corrected chi connectivity index (χ3v) is 4.26. The smallest absolute Gasteiger partial charge is 0.328 e. The fourth-order valence-corrected chi connectivity index (χ4v) is 2.93. The molecule has 0 bridgehead atoms. The first-order valence-corrected chi connectivity index (χ1v) is 7.82. The average Bonchev–Trinajstić information content (AvgIpc) is 2.46. The number of aliphatic carboxylic acids is 1. The van der Waals surface area contributed by atoms with Gasteiger partial charge in [0, 0.05) is 19.2 Å². The Kier molecular flexibility index (Phi) is 5.07. The fraction of sp³-hybridized carbons (Fsp3) is 0.308. The number of carboxylic acids is 1. The molecule has 1 heterocycles. The van der Waals surface area contributed by atoms with Gasteiger partial charge in [-0.1, -0.05) is 12.1 Å². The molecule has 0 aromatic heterocycles. The summed E-state index contributed by atoms with van der Waals surface area (Å²) in [6.07, 6.45) is 2.39. The largest absolute Gasteiger partial charge is 0.478 e. The van der Waals surface area contributed by atoms with Crippen molar-refractivity contribution in [2.75, 3.05) is 26.3 Å². The van der Waals surface area contributed by atoms with Crippen LogP contribution in [0, 0.1) is 0 Å². The van der Waals surface area contributed by atoms with Crippen molar-refractivity contribution >= 4 is 22.1 Å². The van der Waals surface area contributed by atoms with E-state index < -0.39 is 16.0 Å². The van der Waals surface area contributed by atoms with Crippen LogP contribution in [0.4, 0.5) is 0 Å². The highest BCUT2D eigenvalue weighted by molar-refractivity contribution is 7.89. The Morgan fingerprint density at radius 3 is 2.43 bits per heavy atom. The molecule has 1 fully saturated rings. The number of nitrogens with zero attached hydrogens (tertiary/aromatic N) is 1. The number of ether oxygens (including phenoxy) is 1. The summed E-state index contributed by atoms with van der Waals surface area (Å²) in [5.41, 5.74) is 0.614. The number of carbonyl (C=O) groups is 1. The number of morpholine rings is 1. The minimum atomic E-state index is -3.63. The van der Waals surface area contributed by atoms with Crippen LogP contribution in [0.15, 0.2) is 35.2 Å². The number of benzene rings is 1. The van der Waals surface area contributed by atoms with Gasteiger partial charge in [0.05, 0.1) is 18.1 Å². The number of hydrazine groups is 1. The van der Waals surface area contributed by atoms with Crippen molar-refractivity contribution in [2.45, 2.75) is 4.90 Å². The third-order valence-electron chi connectivity index (χ3n) is 2.87. The van der Waals surface area contributed by atoms with Crippen LogP contribution in [0.5, 0.6) is 0 Å². The van der Waals surface area contributed by atoms with Gasteiger partial charge in [-0.25, -0.2) is 18.2 Å². The van der Waals surface area contributed by atoms with Crippen molar-refractivity contribution in [1.82, 2.24) is 9.84 Å². The summed E-state index contributed by atoms with van der Waals surface area (Å²) in [5.74, 6) is -1.05. The molecule has 0 aliphatic carbocycles. The summed E-state index contributed by atoms with van der Waals surface area (Å²) >= 11 is 0. The van der Waals surface area contributed by atoms with Crippen LogP contribution < -0.4 is 4.83 Å². The molecule has 1 aliphatic heterocycles. The standard InChI is InChI=1S/C13H16N2O5S/c16-13(17)6-3-11-1-4-12(5-2-11)21(18,19)14-15-7-9-20-10-8-15/h1-6,14H,7-10H2,(H,16,17)/b6-3+. The van der Waals surface area contributed by atoms with Crippen LogP contribution in [-0.2, 0) is 19.6 Å². The van der Waals surface area contributed by atoms with E-state index >= 15 is 0 Å². The van der Waals surface area contributed by atoms with Gasteiger partial charge >= 0.3 is 5.97 Å². The summed E-state index contributed by atoms with van der Waals surface area (Å²) in [6, 6.07) is 5.97. The Morgan fingerprint density at radius 2 is 1.86 bits per heavy atom. The van der Waals surface area contributed by atoms with Crippen molar-refractivity contribution in [3.63, 3.8) is 0 Å². The summed E-state index contributed by atoms with van der Waals surface area (Å²) in [5, 5.41) is 10.1. The second kappa shape index (κ2) is 6.81. The average molecular weight is 312 g/mol. The van der Waals surface area contributed by atoms with E-state index in [2.05, 4.69) is 4.83 Å². The molecule has 1 aromatic carbocycles. The molecule has 8 heteroatoms. The van der Waals surface area contributed by atoms with Crippen LogP contribution in [0.1, 0.15) is 5.56 Å². The lowest BCUT2D eigenvalue weighted by Crippen LogP contribution is -2.48. The molecule has 2 N–H and O–H groups in total. The summed E-state index contributed by atoms with van der Waals surface area (Å²) in [4.78, 5) is 13.0. The van der Waals surface area contributed by atoms with E-state index in [0.717, 1.165) is 6.08 Å². The van der Waals surface area contributed by atoms with Gasteiger partial charge in [0.1, 0.15) is 0 Å². The second-order valence-electron chi connectivity index (χ2n) is 4.43. The molecule has 1 aliphatic rings. The molecule has 0 amide bonds. The lowest BCUT2D eigenvalue weighted by molar-refractivity contribution is -0.131. The number of hydrogen-bond acceptors (Lipinski definition) is 5. The maximum Gasteiger partial charge on any atom is 0.328 e. The molecule has 0 radical (unpaired) electrons.